The molecule has 4 amide bonds. The highest BCUT2D eigenvalue weighted by atomic mass is 16.5. The van der Waals surface area contributed by atoms with Crippen LogP contribution in [0.25, 0.3) is 0 Å². The van der Waals surface area contributed by atoms with Gasteiger partial charge in [0.2, 0.25) is 5.91 Å². The molecule has 1 aromatic heterocycles. The lowest BCUT2D eigenvalue weighted by atomic mass is 9.96. The molecule has 3 rings (SSSR count). The van der Waals surface area contributed by atoms with E-state index in [4.69, 9.17) is 4.74 Å². The van der Waals surface area contributed by atoms with Gasteiger partial charge in [-0.15, -0.1) is 0 Å². The van der Waals surface area contributed by atoms with E-state index in [0.717, 1.165) is 18.5 Å². The van der Waals surface area contributed by atoms with Crippen LogP contribution in [0.1, 0.15) is 24.8 Å². The predicted molar refractivity (Wildman–Crippen MR) is 129 cm³/mol. The largest absolute Gasteiger partial charge is 0.480 e. The molecule has 1 aliphatic rings. The van der Waals surface area contributed by atoms with Crippen molar-refractivity contribution in [1.29, 1.82) is 0 Å². The number of hydrogen-bond donors (Lipinski definition) is 4. The molecule has 1 atom stereocenters. The lowest BCUT2D eigenvalue weighted by Gasteiger charge is -2.31. The molecule has 2 aromatic rings. The molecule has 194 valence electrons. The first-order chi connectivity index (χ1) is 17.4. The molecule has 1 saturated heterocycles. The Morgan fingerprint density at radius 1 is 1.11 bits per heavy atom. The zero-order chi connectivity index (χ0) is 25.8. The normalized spacial score (nSPS) is 14.5. The number of aliphatic carboxylic acids is 1. The van der Waals surface area contributed by atoms with Gasteiger partial charge in [0.15, 0.2) is 0 Å². The standard InChI is InChI=1S/C24H32N6O6/c31-21(27-15-20(22(32)33)28-24(35)36-16-18-5-2-1-3-6-18)19-7-12-30(13-8-19)23(34)26-9-4-11-29-14-10-25-17-29/h1-3,5-6,10,14,17,19-20H,4,7-9,11-13,15-16H2,(H,26,34)(H,27,31)(H,28,35)(H,32,33)/t20-/m0/s1. The fourth-order valence-electron chi connectivity index (χ4n) is 3.79. The van der Waals surface area contributed by atoms with Crippen LogP contribution in [0, 0.1) is 5.92 Å². The number of carbonyl (C=O) groups is 4. The van der Waals surface area contributed by atoms with E-state index in [0.29, 0.717) is 32.5 Å². The SMILES string of the molecule is O=C(N[C@@H](CNC(=O)C1CCN(C(=O)NCCCn2ccnc2)CC1)C(=O)O)OCc1ccccc1. The number of urea groups is 1. The van der Waals surface area contributed by atoms with Crippen LogP contribution in [0.3, 0.4) is 0 Å². The third-order valence-electron chi connectivity index (χ3n) is 5.86. The van der Waals surface area contributed by atoms with Crippen molar-refractivity contribution >= 4 is 24.0 Å². The summed E-state index contributed by atoms with van der Waals surface area (Å²) in [7, 11) is 0. The number of nitrogens with zero attached hydrogens (tertiary/aromatic N) is 3. The van der Waals surface area contributed by atoms with E-state index in [2.05, 4.69) is 20.9 Å². The second kappa shape index (κ2) is 13.7. The van der Waals surface area contributed by atoms with Gasteiger partial charge in [0.1, 0.15) is 12.6 Å². The highest BCUT2D eigenvalue weighted by Crippen LogP contribution is 2.17. The van der Waals surface area contributed by atoms with Crippen LogP contribution >= 0.6 is 0 Å². The van der Waals surface area contributed by atoms with E-state index < -0.39 is 18.1 Å². The summed E-state index contributed by atoms with van der Waals surface area (Å²) in [6.45, 7) is 1.89. The first-order valence-corrected chi connectivity index (χ1v) is 11.9. The fraction of sp³-hybridized carbons (Fsp3) is 0.458. The molecule has 0 radical (unpaired) electrons. The van der Waals surface area contributed by atoms with E-state index >= 15 is 0 Å². The van der Waals surface area contributed by atoms with E-state index in [1.165, 1.54) is 0 Å². The van der Waals surface area contributed by atoms with Gasteiger partial charge in [0, 0.05) is 51.0 Å². The summed E-state index contributed by atoms with van der Waals surface area (Å²) in [5, 5.41) is 17.1. The quantitative estimate of drug-likeness (QED) is 0.338. The van der Waals surface area contributed by atoms with Crippen molar-refractivity contribution in [3.8, 4) is 0 Å². The van der Waals surface area contributed by atoms with E-state index in [9.17, 15) is 24.3 Å². The Kier molecular flexibility index (Phi) is 10.1. The minimum Gasteiger partial charge on any atom is -0.480 e. The van der Waals surface area contributed by atoms with Gasteiger partial charge >= 0.3 is 18.1 Å². The Morgan fingerprint density at radius 2 is 1.86 bits per heavy atom. The number of carboxylic acid groups (broad SMARTS) is 1. The van der Waals surface area contributed by atoms with Crippen molar-refractivity contribution < 1.29 is 29.0 Å². The third kappa shape index (κ3) is 8.60. The van der Waals surface area contributed by atoms with Gasteiger partial charge in [0.05, 0.1) is 6.33 Å². The predicted octanol–water partition coefficient (Wildman–Crippen LogP) is 1.19. The van der Waals surface area contributed by atoms with Gasteiger partial charge in [-0.2, -0.15) is 0 Å². The molecular weight excluding hydrogens is 468 g/mol. The third-order valence-corrected chi connectivity index (χ3v) is 5.86. The number of aryl methyl sites for hydroxylation is 1. The van der Waals surface area contributed by atoms with Gasteiger partial charge < -0.3 is 35.3 Å². The number of nitrogens with one attached hydrogen (secondary N) is 3. The van der Waals surface area contributed by atoms with Gasteiger partial charge in [-0.3, -0.25) is 4.79 Å². The number of ether oxygens (including phenoxy) is 1. The number of rotatable bonds is 11. The van der Waals surface area contributed by atoms with Crippen LogP contribution in [-0.4, -0.2) is 75.8 Å². The maximum atomic E-state index is 12.5. The molecule has 1 aromatic carbocycles. The maximum Gasteiger partial charge on any atom is 0.408 e. The number of alkyl carbamates (subject to hydrolysis) is 1. The summed E-state index contributed by atoms with van der Waals surface area (Å²) in [5.74, 6) is -1.93. The Balaban J connectivity index is 1.32. The van der Waals surface area contributed by atoms with Crippen molar-refractivity contribution in [1.82, 2.24) is 30.4 Å². The topological polar surface area (TPSA) is 155 Å². The fourth-order valence-corrected chi connectivity index (χ4v) is 3.79. The number of likely N-dealkylation sites (tertiary alicyclic amines) is 1. The Bertz CT molecular complexity index is 992. The second-order valence-corrected chi connectivity index (χ2v) is 8.49. The number of imidazole rings is 1. The maximum absolute atomic E-state index is 12.5. The minimum absolute atomic E-state index is 0.00212. The van der Waals surface area contributed by atoms with Gasteiger partial charge in [-0.05, 0) is 24.8 Å². The average molecular weight is 501 g/mol. The lowest BCUT2D eigenvalue weighted by Crippen LogP contribution is -2.51. The molecule has 0 saturated carbocycles. The number of carboxylic acids is 1. The highest BCUT2D eigenvalue weighted by Gasteiger charge is 2.29. The lowest BCUT2D eigenvalue weighted by molar-refractivity contribution is -0.139. The van der Waals surface area contributed by atoms with Crippen LogP contribution in [0.5, 0.6) is 0 Å². The van der Waals surface area contributed by atoms with Crippen molar-refractivity contribution in [2.24, 2.45) is 5.92 Å². The molecule has 0 bridgehead atoms. The molecule has 2 heterocycles. The number of piperidine rings is 1. The van der Waals surface area contributed by atoms with Gasteiger partial charge in [-0.25, -0.2) is 19.4 Å². The first kappa shape index (κ1) is 26.5. The Morgan fingerprint density at radius 3 is 2.53 bits per heavy atom. The number of benzene rings is 1. The van der Waals surface area contributed by atoms with Gasteiger partial charge in [0.25, 0.3) is 0 Å². The van der Waals surface area contributed by atoms with Crippen LogP contribution < -0.4 is 16.0 Å². The van der Waals surface area contributed by atoms with Crippen molar-refractivity contribution in [2.45, 2.75) is 38.5 Å². The molecule has 0 unspecified atom stereocenters. The summed E-state index contributed by atoms with van der Waals surface area (Å²) in [6, 6.07) is 7.49. The molecule has 0 spiro atoms. The molecule has 4 N–H and O–H groups in total. The Hall–Kier alpha value is -4.09. The molecule has 0 aliphatic carbocycles. The number of aromatic nitrogens is 2. The monoisotopic (exact) mass is 500 g/mol. The molecule has 36 heavy (non-hydrogen) atoms. The molecular formula is C24H32N6O6. The Labute approximate surface area is 209 Å². The average Bonchev–Trinajstić information content (AvgIpc) is 3.41. The van der Waals surface area contributed by atoms with E-state index in [1.807, 2.05) is 16.8 Å². The summed E-state index contributed by atoms with van der Waals surface area (Å²) in [4.78, 5) is 54.0. The zero-order valence-electron chi connectivity index (χ0n) is 20.0. The number of hydrogen-bond acceptors (Lipinski definition) is 6. The summed E-state index contributed by atoms with van der Waals surface area (Å²) in [6.07, 6.45) is 6.13. The van der Waals surface area contributed by atoms with E-state index in [-0.39, 0.29) is 31.0 Å². The molecule has 1 fully saturated rings. The molecule has 12 heteroatoms. The summed E-state index contributed by atoms with van der Waals surface area (Å²) >= 11 is 0. The van der Waals surface area contributed by atoms with Crippen LogP contribution in [0.2, 0.25) is 0 Å². The zero-order valence-corrected chi connectivity index (χ0v) is 20.0. The van der Waals surface area contributed by atoms with Crippen molar-refractivity contribution in [3.63, 3.8) is 0 Å². The van der Waals surface area contributed by atoms with Gasteiger partial charge in [-0.1, -0.05) is 30.3 Å². The molecule has 1 aliphatic heterocycles. The summed E-state index contributed by atoms with van der Waals surface area (Å²) < 4.78 is 6.99. The van der Waals surface area contributed by atoms with Crippen LogP contribution in [0.15, 0.2) is 49.1 Å². The number of carbonyl (C=O) groups excluding carboxylic acids is 3. The van der Waals surface area contributed by atoms with Crippen LogP contribution in [-0.2, 0) is 27.5 Å². The van der Waals surface area contributed by atoms with E-state index in [1.54, 1.807) is 41.7 Å². The second-order valence-electron chi connectivity index (χ2n) is 8.49. The van der Waals surface area contributed by atoms with Crippen molar-refractivity contribution in [2.75, 3.05) is 26.2 Å². The first-order valence-electron chi connectivity index (χ1n) is 11.9. The molecule has 12 nitrogen and oxygen atoms in total. The minimum atomic E-state index is -1.33. The summed E-state index contributed by atoms with van der Waals surface area (Å²) in [5.41, 5.74) is 0.766. The number of amides is 4. The van der Waals surface area contributed by atoms with Crippen LogP contribution in [0.4, 0.5) is 9.59 Å². The smallest absolute Gasteiger partial charge is 0.408 e. The highest BCUT2D eigenvalue weighted by molar-refractivity contribution is 5.83. The van der Waals surface area contributed by atoms with Crippen molar-refractivity contribution in [3.05, 3.63) is 54.6 Å².